The van der Waals surface area contributed by atoms with Gasteiger partial charge in [-0.15, -0.1) is 0 Å². The maximum Gasteiger partial charge on any atom is 0.226 e. The first-order valence-electron chi connectivity index (χ1n) is 11.8. The van der Waals surface area contributed by atoms with Crippen molar-refractivity contribution in [1.82, 2.24) is 9.88 Å². The summed E-state index contributed by atoms with van der Waals surface area (Å²) < 4.78 is 0. The maximum absolute atomic E-state index is 13.7. The molecule has 160 valence electrons. The van der Waals surface area contributed by atoms with E-state index in [1.165, 1.54) is 28.5 Å². The number of likely N-dealkylation sites (tertiary alicyclic amines) is 1. The molecule has 1 N–H and O–H groups in total. The third-order valence-electron chi connectivity index (χ3n) is 7.46. The van der Waals surface area contributed by atoms with Crippen LogP contribution in [-0.2, 0) is 11.3 Å². The van der Waals surface area contributed by atoms with Gasteiger partial charge < -0.3 is 9.88 Å². The van der Waals surface area contributed by atoms with Gasteiger partial charge in [-0.3, -0.25) is 4.79 Å². The second-order valence-corrected chi connectivity index (χ2v) is 9.28. The molecule has 2 heterocycles. The van der Waals surface area contributed by atoms with Gasteiger partial charge in [-0.25, -0.2) is 0 Å². The molecule has 1 saturated carbocycles. The standard InChI is InChI=1S/C29H28N2O/c32-29-23-16-8-7-15-22(23)28(31(29)19-20-11-3-1-4-12-20)26-24-17-9-10-18-25(24)30-27(26)21-13-5-2-6-14-21/h1-6,9-14,17-18,22-23,28,30H,7-8,15-16,19H2/t22-,23-,28-/m0/s1. The molecule has 0 unspecified atom stereocenters. The van der Waals surface area contributed by atoms with Crippen LogP contribution >= 0.6 is 0 Å². The van der Waals surface area contributed by atoms with E-state index in [0.717, 1.165) is 30.5 Å². The van der Waals surface area contributed by atoms with Crippen LogP contribution in [0.1, 0.15) is 42.9 Å². The van der Waals surface area contributed by atoms with E-state index >= 15 is 0 Å². The summed E-state index contributed by atoms with van der Waals surface area (Å²) in [5, 5.41) is 1.24. The van der Waals surface area contributed by atoms with Gasteiger partial charge in [0.1, 0.15) is 0 Å². The Morgan fingerprint density at radius 2 is 1.50 bits per heavy atom. The summed E-state index contributed by atoms with van der Waals surface area (Å²) >= 11 is 0. The van der Waals surface area contributed by atoms with Crippen molar-refractivity contribution in [3.8, 4) is 11.3 Å². The average Bonchev–Trinajstić information content (AvgIpc) is 3.36. The van der Waals surface area contributed by atoms with E-state index in [-0.39, 0.29) is 12.0 Å². The summed E-state index contributed by atoms with van der Waals surface area (Å²) in [5.41, 5.74) is 5.99. The van der Waals surface area contributed by atoms with Crippen molar-refractivity contribution in [3.05, 3.63) is 96.1 Å². The fourth-order valence-electron chi connectivity index (χ4n) is 6.05. The highest BCUT2D eigenvalue weighted by Gasteiger charge is 2.50. The summed E-state index contributed by atoms with van der Waals surface area (Å²) in [5.74, 6) is 0.865. The zero-order chi connectivity index (χ0) is 21.5. The number of carbonyl (C=O) groups excluding carboxylic acids is 1. The zero-order valence-corrected chi connectivity index (χ0v) is 18.2. The predicted octanol–water partition coefficient (Wildman–Crippen LogP) is 6.72. The molecule has 0 radical (unpaired) electrons. The lowest BCUT2D eigenvalue weighted by atomic mass is 9.76. The SMILES string of the molecule is O=C1[C@H]2CCCC[C@@H]2[C@@H](c2c(-c3ccccc3)[nH]c3ccccc23)N1Cc1ccccc1. The number of carbonyl (C=O) groups is 1. The minimum absolute atomic E-state index is 0.0966. The van der Waals surface area contributed by atoms with Gasteiger partial charge in [-0.05, 0) is 36.0 Å². The van der Waals surface area contributed by atoms with E-state index in [4.69, 9.17) is 0 Å². The van der Waals surface area contributed by atoms with Crippen molar-refractivity contribution in [2.75, 3.05) is 0 Å². The van der Waals surface area contributed by atoms with E-state index < -0.39 is 0 Å². The largest absolute Gasteiger partial charge is 0.354 e. The smallest absolute Gasteiger partial charge is 0.226 e. The monoisotopic (exact) mass is 420 g/mol. The van der Waals surface area contributed by atoms with Gasteiger partial charge in [0.25, 0.3) is 0 Å². The van der Waals surface area contributed by atoms with Crippen LogP contribution in [0.4, 0.5) is 0 Å². The van der Waals surface area contributed by atoms with Crippen LogP contribution in [0.15, 0.2) is 84.9 Å². The molecular weight excluding hydrogens is 392 g/mol. The molecule has 0 spiro atoms. The molecule has 1 amide bonds. The number of hydrogen-bond acceptors (Lipinski definition) is 1. The average molecular weight is 421 g/mol. The Labute approximate surface area is 189 Å². The molecule has 3 heteroatoms. The molecule has 32 heavy (non-hydrogen) atoms. The lowest BCUT2D eigenvalue weighted by Crippen LogP contribution is -2.29. The van der Waals surface area contributed by atoms with Crippen LogP contribution in [-0.4, -0.2) is 15.8 Å². The summed E-state index contributed by atoms with van der Waals surface area (Å²) in [6.07, 6.45) is 4.53. The third-order valence-corrected chi connectivity index (χ3v) is 7.46. The Hall–Kier alpha value is -3.33. The molecule has 3 atom stereocenters. The fraction of sp³-hybridized carbons (Fsp3) is 0.276. The number of nitrogens with one attached hydrogen (secondary N) is 1. The van der Waals surface area contributed by atoms with Crippen molar-refractivity contribution in [2.24, 2.45) is 11.8 Å². The van der Waals surface area contributed by atoms with Crippen molar-refractivity contribution >= 4 is 16.8 Å². The number of aromatic nitrogens is 1. The molecule has 3 aromatic carbocycles. The Kier molecular flexibility index (Phi) is 4.83. The van der Waals surface area contributed by atoms with Gasteiger partial charge >= 0.3 is 0 Å². The Morgan fingerprint density at radius 3 is 2.31 bits per heavy atom. The molecule has 1 aliphatic heterocycles. The highest BCUT2D eigenvalue weighted by Crippen LogP contribution is 2.52. The Bertz CT molecular complexity index is 1240. The summed E-state index contributed by atoms with van der Waals surface area (Å²) in [6.45, 7) is 0.672. The van der Waals surface area contributed by atoms with Gasteiger partial charge in [0.05, 0.1) is 11.7 Å². The van der Waals surface area contributed by atoms with E-state index in [2.05, 4.69) is 88.7 Å². The summed E-state index contributed by atoms with van der Waals surface area (Å²) in [7, 11) is 0. The predicted molar refractivity (Wildman–Crippen MR) is 129 cm³/mol. The Morgan fingerprint density at radius 1 is 0.812 bits per heavy atom. The van der Waals surface area contributed by atoms with Crippen LogP contribution in [0, 0.1) is 11.8 Å². The lowest BCUT2D eigenvalue weighted by Gasteiger charge is -2.31. The quantitative estimate of drug-likeness (QED) is 0.391. The van der Waals surface area contributed by atoms with Crippen molar-refractivity contribution < 1.29 is 4.79 Å². The summed E-state index contributed by atoms with van der Waals surface area (Å²) in [6, 6.07) is 29.7. The highest BCUT2D eigenvalue weighted by molar-refractivity contribution is 5.93. The van der Waals surface area contributed by atoms with Crippen molar-refractivity contribution in [2.45, 2.75) is 38.3 Å². The lowest BCUT2D eigenvalue weighted by molar-refractivity contribution is -0.133. The number of para-hydroxylation sites is 1. The van der Waals surface area contributed by atoms with Gasteiger partial charge in [-0.2, -0.15) is 0 Å². The van der Waals surface area contributed by atoms with Crippen LogP contribution in [0.2, 0.25) is 0 Å². The highest BCUT2D eigenvalue weighted by atomic mass is 16.2. The number of nitrogens with zero attached hydrogens (tertiary/aromatic N) is 1. The molecule has 1 saturated heterocycles. The molecule has 4 aromatic rings. The topological polar surface area (TPSA) is 36.1 Å². The fourth-order valence-corrected chi connectivity index (χ4v) is 6.05. The van der Waals surface area contributed by atoms with Crippen molar-refractivity contribution in [3.63, 3.8) is 0 Å². The van der Waals surface area contributed by atoms with Crippen LogP contribution < -0.4 is 0 Å². The second kappa shape index (κ2) is 7.98. The van der Waals surface area contributed by atoms with Gasteiger partial charge in [0.15, 0.2) is 0 Å². The zero-order valence-electron chi connectivity index (χ0n) is 18.2. The first-order valence-corrected chi connectivity index (χ1v) is 11.8. The Balaban J connectivity index is 1.55. The number of hydrogen-bond donors (Lipinski definition) is 1. The molecule has 1 aliphatic carbocycles. The van der Waals surface area contributed by atoms with Crippen molar-refractivity contribution in [1.29, 1.82) is 0 Å². The number of fused-ring (bicyclic) bond motifs is 2. The molecular formula is C29H28N2O. The van der Waals surface area contributed by atoms with Gasteiger partial charge in [0.2, 0.25) is 5.91 Å². The molecule has 3 nitrogen and oxygen atoms in total. The first kappa shape index (κ1) is 19.4. The molecule has 0 bridgehead atoms. The molecule has 6 rings (SSSR count). The van der Waals surface area contributed by atoms with E-state index in [1.807, 2.05) is 6.07 Å². The van der Waals surface area contributed by atoms with Crippen LogP contribution in [0.25, 0.3) is 22.2 Å². The van der Waals surface area contributed by atoms with Gasteiger partial charge in [0, 0.05) is 28.9 Å². The third kappa shape index (κ3) is 3.15. The normalized spacial score (nSPS) is 22.9. The maximum atomic E-state index is 13.7. The van der Waals surface area contributed by atoms with Crippen LogP contribution in [0.5, 0.6) is 0 Å². The minimum atomic E-state index is 0.0966. The van der Waals surface area contributed by atoms with E-state index in [9.17, 15) is 4.79 Å². The number of benzene rings is 3. The molecule has 2 aliphatic rings. The number of amides is 1. The second-order valence-electron chi connectivity index (χ2n) is 9.28. The minimum Gasteiger partial charge on any atom is -0.354 e. The van der Waals surface area contributed by atoms with Gasteiger partial charge in [-0.1, -0.05) is 91.7 Å². The molecule has 1 aromatic heterocycles. The first-order chi connectivity index (χ1) is 15.8. The van der Waals surface area contributed by atoms with E-state index in [1.54, 1.807) is 0 Å². The summed E-state index contributed by atoms with van der Waals surface area (Å²) in [4.78, 5) is 19.7. The number of H-pyrrole nitrogens is 1. The van der Waals surface area contributed by atoms with E-state index in [0.29, 0.717) is 18.4 Å². The van der Waals surface area contributed by atoms with Crippen LogP contribution in [0.3, 0.4) is 0 Å². The number of rotatable bonds is 4. The number of aromatic amines is 1. The molecule has 2 fully saturated rings.